The molecule has 0 aliphatic carbocycles. The van der Waals surface area contributed by atoms with E-state index in [9.17, 15) is 9.18 Å². The second-order valence-corrected chi connectivity index (χ2v) is 4.53. The number of ketones is 1. The maximum Gasteiger partial charge on any atom is 0.165 e. The summed E-state index contributed by atoms with van der Waals surface area (Å²) in [5.74, 6) is -0.454. The number of rotatable bonds is 7. The van der Waals surface area contributed by atoms with E-state index in [4.69, 9.17) is 16.3 Å². The number of carbonyl (C=O) groups excluding carboxylic acids is 1. The van der Waals surface area contributed by atoms with Gasteiger partial charge in [-0.25, -0.2) is 4.39 Å². The molecule has 0 spiro atoms. The predicted molar refractivity (Wildman–Crippen MR) is 70.4 cm³/mol. The minimum Gasteiger partial charge on any atom is -0.371 e. The molecule has 4 heteroatoms. The highest BCUT2D eigenvalue weighted by atomic mass is 35.5. The molecular weight excluding hydrogens is 255 g/mol. The van der Waals surface area contributed by atoms with Gasteiger partial charge in [0.2, 0.25) is 0 Å². The van der Waals surface area contributed by atoms with Crippen molar-refractivity contribution in [2.24, 2.45) is 0 Å². The Hall–Kier alpha value is -0.930. The van der Waals surface area contributed by atoms with Crippen LogP contribution in [0.15, 0.2) is 18.2 Å². The van der Waals surface area contributed by atoms with Crippen molar-refractivity contribution in [3.05, 3.63) is 34.6 Å². The van der Waals surface area contributed by atoms with Crippen molar-refractivity contribution in [2.45, 2.75) is 39.2 Å². The van der Waals surface area contributed by atoms with Gasteiger partial charge in [-0.2, -0.15) is 0 Å². The molecule has 1 unspecified atom stereocenters. The number of benzene rings is 1. The molecule has 0 heterocycles. The maximum atomic E-state index is 13.0. The summed E-state index contributed by atoms with van der Waals surface area (Å²) in [6.45, 7) is 4.39. The molecule has 0 N–H and O–H groups in total. The highest BCUT2D eigenvalue weighted by Gasteiger charge is 2.18. The third-order valence-electron chi connectivity index (χ3n) is 2.64. The van der Waals surface area contributed by atoms with E-state index in [-0.39, 0.29) is 23.3 Å². The molecule has 1 rings (SSSR count). The number of hydrogen-bond donors (Lipinski definition) is 0. The van der Waals surface area contributed by atoms with Crippen molar-refractivity contribution in [1.29, 1.82) is 0 Å². The van der Waals surface area contributed by atoms with Crippen molar-refractivity contribution < 1.29 is 13.9 Å². The molecule has 1 aromatic carbocycles. The first-order chi connectivity index (χ1) is 8.58. The molecule has 0 bridgehead atoms. The summed E-state index contributed by atoms with van der Waals surface area (Å²) in [4.78, 5) is 12.0. The van der Waals surface area contributed by atoms with Crippen LogP contribution in [0.25, 0.3) is 0 Å². The Morgan fingerprint density at radius 3 is 2.72 bits per heavy atom. The van der Waals surface area contributed by atoms with Crippen molar-refractivity contribution in [3.63, 3.8) is 0 Å². The quantitative estimate of drug-likeness (QED) is 0.755. The van der Waals surface area contributed by atoms with Gasteiger partial charge >= 0.3 is 0 Å². The van der Waals surface area contributed by atoms with Crippen LogP contribution < -0.4 is 0 Å². The fourth-order valence-electron chi connectivity index (χ4n) is 1.77. The first kappa shape index (κ1) is 15.1. The Bertz CT molecular complexity index is 401. The van der Waals surface area contributed by atoms with Gasteiger partial charge in [0.05, 0.1) is 5.02 Å². The molecule has 0 amide bonds. The van der Waals surface area contributed by atoms with Crippen LogP contribution in [-0.4, -0.2) is 18.5 Å². The molecule has 0 aliphatic rings. The molecule has 0 radical (unpaired) electrons. The maximum absolute atomic E-state index is 13.0. The number of carbonyl (C=O) groups is 1. The molecular formula is C14H18ClFO2. The summed E-state index contributed by atoms with van der Waals surface area (Å²) in [5, 5.41) is 0.0451. The lowest BCUT2D eigenvalue weighted by Gasteiger charge is -2.15. The van der Waals surface area contributed by atoms with Crippen molar-refractivity contribution in [1.82, 2.24) is 0 Å². The first-order valence-electron chi connectivity index (χ1n) is 6.16. The topological polar surface area (TPSA) is 26.3 Å². The van der Waals surface area contributed by atoms with Crippen LogP contribution >= 0.6 is 11.6 Å². The average Bonchev–Trinajstić information content (AvgIpc) is 2.33. The van der Waals surface area contributed by atoms with E-state index in [0.717, 1.165) is 6.42 Å². The summed E-state index contributed by atoms with van der Waals surface area (Å²) in [6.07, 6.45) is 1.45. The summed E-state index contributed by atoms with van der Waals surface area (Å²) < 4.78 is 18.4. The zero-order valence-electron chi connectivity index (χ0n) is 10.7. The molecule has 0 saturated heterocycles. The Morgan fingerprint density at radius 1 is 1.44 bits per heavy atom. The lowest BCUT2D eigenvalue weighted by Crippen LogP contribution is -2.25. The van der Waals surface area contributed by atoms with Crippen LogP contribution in [0.2, 0.25) is 5.02 Å². The Kier molecular flexibility index (Phi) is 6.30. The van der Waals surface area contributed by atoms with Gasteiger partial charge in [-0.1, -0.05) is 31.0 Å². The number of Topliss-reactive ketones (excluding diaryl/α,β-unsaturated/α-hetero) is 1. The van der Waals surface area contributed by atoms with E-state index in [2.05, 4.69) is 0 Å². The molecule has 0 saturated carbocycles. The fourth-order valence-corrected chi connectivity index (χ4v) is 1.97. The number of ether oxygens (including phenoxy) is 1. The van der Waals surface area contributed by atoms with Crippen molar-refractivity contribution >= 4 is 17.4 Å². The van der Waals surface area contributed by atoms with Gasteiger partial charge in [0, 0.05) is 13.0 Å². The summed E-state index contributed by atoms with van der Waals surface area (Å²) >= 11 is 5.68. The van der Waals surface area contributed by atoms with E-state index in [0.29, 0.717) is 18.6 Å². The minimum absolute atomic E-state index is 0.0152. The van der Waals surface area contributed by atoms with Crippen LogP contribution in [-0.2, 0) is 16.0 Å². The smallest absolute Gasteiger partial charge is 0.165 e. The second kappa shape index (κ2) is 7.49. The van der Waals surface area contributed by atoms with Crippen LogP contribution in [0.4, 0.5) is 4.39 Å². The van der Waals surface area contributed by atoms with Crippen LogP contribution in [0.1, 0.15) is 32.3 Å². The lowest BCUT2D eigenvalue weighted by atomic mass is 10.0. The molecule has 2 nitrogen and oxygen atoms in total. The van der Waals surface area contributed by atoms with Gasteiger partial charge in [-0.15, -0.1) is 0 Å². The third kappa shape index (κ3) is 4.39. The Labute approximate surface area is 112 Å². The zero-order valence-corrected chi connectivity index (χ0v) is 11.5. The van der Waals surface area contributed by atoms with E-state index in [1.807, 2.05) is 13.8 Å². The third-order valence-corrected chi connectivity index (χ3v) is 2.93. The van der Waals surface area contributed by atoms with E-state index < -0.39 is 5.82 Å². The number of hydrogen-bond acceptors (Lipinski definition) is 2. The molecule has 0 fully saturated rings. The van der Waals surface area contributed by atoms with E-state index in [1.165, 1.54) is 12.1 Å². The van der Waals surface area contributed by atoms with Gasteiger partial charge in [-0.3, -0.25) is 4.79 Å². The number of halogens is 2. The monoisotopic (exact) mass is 272 g/mol. The van der Waals surface area contributed by atoms with Gasteiger partial charge in [0.1, 0.15) is 11.9 Å². The molecule has 1 atom stereocenters. The normalized spacial score (nSPS) is 12.4. The average molecular weight is 273 g/mol. The highest BCUT2D eigenvalue weighted by molar-refractivity contribution is 6.30. The predicted octanol–water partition coefficient (Wildman–Crippen LogP) is 3.80. The largest absolute Gasteiger partial charge is 0.371 e. The second-order valence-electron chi connectivity index (χ2n) is 4.12. The van der Waals surface area contributed by atoms with Crippen LogP contribution in [0.3, 0.4) is 0 Å². The zero-order chi connectivity index (χ0) is 13.5. The van der Waals surface area contributed by atoms with Gasteiger partial charge in [-0.05, 0) is 31.0 Å². The highest BCUT2D eigenvalue weighted by Crippen LogP contribution is 2.17. The van der Waals surface area contributed by atoms with Gasteiger partial charge < -0.3 is 4.74 Å². The lowest BCUT2D eigenvalue weighted by molar-refractivity contribution is -0.130. The molecule has 18 heavy (non-hydrogen) atoms. The molecule has 0 aromatic heterocycles. The first-order valence-corrected chi connectivity index (χ1v) is 6.54. The van der Waals surface area contributed by atoms with Gasteiger partial charge in [0.25, 0.3) is 0 Å². The molecule has 100 valence electrons. The summed E-state index contributed by atoms with van der Waals surface area (Å²) in [5.41, 5.74) is 0.715. The Morgan fingerprint density at radius 2 is 2.17 bits per heavy atom. The van der Waals surface area contributed by atoms with Crippen molar-refractivity contribution in [2.75, 3.05) is 6.61 Å². The fraction of sp³-hybridized carbons (Fsp3) is 0.500. The van der Waals surface area contributed by atoms with E-state index >= 15 is 0 Å². The van der Waals surface area contributed by atoms with Crippen LogP contribution in [0, 0.1) is 5.82 Å². The summed E-state index contributed by atoms with van der Waals surface area (Å²) in [6, 6.07) is 4.35. The van der Waals surface area contributed by atoms with Gasteiger partial charge in [0.15, 0.2) is 5.78 Å². The minimum atomic E-state index is -0.470. The van der Waals surface area contributed by atoms with Crippen molar-refractivity contribution in [3.8, 4) is 0 Å². The standard InChI is InChI=1S/C14H18ClFO2/c1-3-5-14(18-4-2)13(17)9-10-6-7-12(16)11(15)8-10/h6-8,14H,3-5,9H2,1-2H3. The van der Waals surface area contributed by atoms with E-state index in [1.54, 1.807) is 6.07 Å². The molecule has 0 aliphatic heterocycles. The SMILES string of the molecule is CCCC(OCC)C(=O)Cc1ccc(F)c(Cl)c1. The summed E-state index contributed by atoms with van der Waals surface area (Å²) in [7, 11) is 0. The Balaban J connectivity index is 2.69. The molecule has 1 aromatic rings. The van der Waals surface area contributed by atoms with Crippen LogP contribution in [0.5, 0.6) is 0 Å².